The van der Waals surface area contributed by atoms with Gasteiger partial charge in [0.15, 0.2) is 0 Å². The summed E-state index contributed by atoms with van der Waals surface area (Å²) < 4.78 is 0. The number of hydrogen-bond acceptors (Lipinski definition) is 0. The molecule has 0 fully saturated rings. The lowest BCUT2D eigenvalue weighted by molar-refractivity contribution is 0.303. The van der Waals surface area contributed by atoms with Crippen molar-refractivity contribution in [3.05, 3.63) is 0 Å². The maximum Gasteiger partial charge on any atom is -0.0415 e. The first-order valence-corrected chi connectivity index (χ1v) is 5.57. The summed E-state index contributed by atoms with van der Waals surface area (Å²) >= 11 is 0. The Kier molecular flexibility index (Phi) is 6.51. The highest BCUT2D eigenvalue weighted by molar-refractivity contribution is 4.63. The number of unbranched alkanes of at least 4 members (excludes halogenated alkanes) is 1. The molecular weight excluding hydrogens is 144 g/mol. The number of rotatable bonds is 6. The molecule has 0 spiro atoms. The summed E-state index contributed by atoms with van der Waals surface area (Å²) in [5.74, 6) is 2.70. The molecule has 0 N–H and O–H groups in total. The van der Waals surface area contributed by atoms with Crippen molar-refractivity contribution >= 4 is 0 Å². The second-order valence-electron chi connectivity index (χ2n) is 4.73. The van der Waals surface area contributed by atoms with Crippen LogP contribution in [0.3, 0.4) is 0 Å². The van der Waals surface area contributed by atoms with Crippen molar-refractivity contribution in [2.24, 2.45) is 17.8 Å². The largest absolute Gasteiger partial charge is 0.0654 e. The molecule has 0 aromatic carbocycles. The van der Waals surface area contributed by atoms with Crippen molar-refractivity contribution in [1.29, 1.82) is 0 Å². The third kappa shape index (κ3) is 5.62. The smallest absolute Gasteiger partial charge is 0.0415 e. The molecule has 12 heavy (non-hydrogen) atoms. The van der Waals surface area contributed by atoms with Crippen molar-refractivity contribution in [3.8, 4) is 0 Å². The van der Waals surface area contributed by atoms with Gasteiger partial charge >= 0.3 is 0 Å². The van der Waals surface area contributed by atoms with Gasteiger partial charge in [0.05, 0.1) is 0 Å². The Balaban J connectivity index is 3.53. The fraction of sp³-hybridized carbons (Fsp3) is 1.00. The minimum atomic E-state index is 0.865. The van der Waals surface area contributed by atoms with Gasteiger partial charge in [0, 0.05) is 0 Å². The lowest BCUT2D eigenvalue weighted by atomic mass is 9.85. The van der Waals surface area contributed by atoms with Crippen LogP contribution >= 0.6 is 0 Å². The second kappa shape index (κ2) is 6.51. The standard InChI is InChI=1S/C12H26/c1-6-7-8-11(4)12(5)9-10(2)3/h10-12H,6-9H2,1-5H3. The van der Waals surface area contributed by atoms with Crippen LogP contribution in [0.25, 0.3) is 0 Å². The van der Waals surface area contributed by atoms with Crippen molar-refractivity contribution in [1.82, 2.24) is 0 Å². The normalized spacial score (nSPS) is 16.5. The van der Waals surface area contributed by atoms with Crippen LogP contribution in [-0.4, -0.2) is 0 Å². The van der Waals surface area contributed by atoms with Gasteiger partial charge in [0.2, 0.25) is 0 Å². The SMILES string of the molecule is CCCCC(C)C(C)CC(C)C. The first-order chi connectivity index (χ1) is 5.57. The first-order valence-electron chi connectivity index (χ1n) is 5.57. The Labute approximate surface area is 78.8 Å². The Morgan fingerprint density at radius 3 is 1.92 bits per heavy atom. The summed E-state index contributed by atoms with van der Waals surface area (Å²) in [7, 11) is 0. The molecule has 0 aliphatic carbocycles. The van der Waals surface area contributed by atoms with Crippen LogP contribution in [0, 0.1) is 17.8 Å². The fourth-order valence-electron chi connectivity index (χ4n) is 1.79. The quantitative estimate of drug-likeness (QED) is 0.551. The van der Waals surface area contributed by atoms with E-state index in [1.165, 1.54) is 25.7 Å². The predicted molar refractivity (Wildman–Crippen MR) is 57.3 cm³/mol. The highest BCUT2D eigenvalue weighted by atomic mass is 14.2. The van der Waals surface area contributed by atoms with Crippen LogP contribution < -0.4 is 0 Å². The molecule has 74 valence electrons. The van der Waals surface area contributed by atoms with Gasteiger partial charge in [-0.15, -0.1) is 0 Å². The van der Waals surface area contributed by atoms with Gasteiger partial charge in [-0.2, -0.15) is 0 Å². The van der Waals surface area contributed by atoms with Crippen molar-refractivity contribution in [3.63, 3.8) is 0 Å². The zero-order valence-electron chi connectivity index (χ0n) is 9.56. The third-order valence-corrected chi connectivity index (χ3v) is 2.83. The molecule has 0 aliphatic heterocycles. The second-order valence-corrected chi connectivity index (χ2v) is 4.73. The minimum Gasteiger partial charge on any atom is -0.0654 e. The van der Waals surface area contributed by atoms with E-state index in [0.717, 1.165) is 17.8 Å². The van der Waals surface area contributed by atoms with Crippen LogP contribution in [0.5, 0.6) is 0 Å². The maximum atomic E-state index is 2.41. The molecule has 0 aliphatic rings. The summed E-state index contributed by atoms with van der Waals surface area (Å²) in [6.45, 7) is 11.7. The third-order valence-electron chi connectivity index (χ3n) is 2.83. The molecule has 0 nitrogen and oxygen atoms in total. The van der Waals surface area contributed by atoms with E-state index in [2.05, 4.69) is 34.6 Å². The lowest BCUT2D eigenvalue weighted by Gasteiger charge is -2.21. The molecule has 2 unspecified atom stereocenters. The molecule has 0 heteroatoms. The van der Waals surface area contributed by atoms with E-state index in [9.17, 15) is 0 Å². The summed E-state index contributed by atoms with van der Waals surface area (Å²) in [5, 5.41) is 0. The van der Waals surface area contributed by atoms with Gasteiger partial charge < -0.3 is 0 Å². The highest BCUT2D eigenvalue weighted by Gasteiger charge is 2.12. The maximum absolute atomic E-state index is 2.41. The van der Waals surface area contributed by atoms with Crippen LogP contribution in [0.4, 0.5) is 0 Å². The van der Waals surface area contributed by atoms with Crippen molar-refractivity contribution in [2.45, 2.75) is 60.3 Å². The molecule has 0 aromatic rings. The molecule has 0 heterocycles. The zero-order chi connectivity index (χ0) is 9.56. The Bertz CT molecular complexity index is 94.2. The summed E-state index contributed by atoms with van der Waals surface area (Å²) in [4.78, 5) is 0. The summed E-state index contributed by atoms with van der Waals surface area (Å²) in [6.07, 6.45) is 5.57. The Morgan fingerprint density at radius 1 is 0.917 bits per heavy atom. The Morgan fingerprint density at radius 2 is 1.50 bits per heavy atom. The number of hydrogen-bond donors (Lipinski definition) is 0. The van der Waals surface area contributed by atoms with Gasteiger partial charge in [-0.25, -0.2) is 0 Å². The molecule has 2 atom stereocenters. The van der Waals surface area contributed by atoms with E-state index in [-0.39, 0.29) is 0 Å². The molecule has 0 amide bonds. The predicted octanol–water partition coefficient (Wildman–Crippen LogP) is 4.49. The lowest BCUT2D eigenvalue weighted by Crippen LogP contribution is -2.10. The van der Waals surface area contributed by atoms with E-state index < -0.39 is 0 Å². The monoisotopic (exact) mass is 170 g/mol. The van der Waals surface area contributed by atoms with E-state index in [1.807, 2.05) is 0 Å². The highest BCUT2D eigenvalue weighted by Crippen LogP contribution is 2.23. The van der Waals surface area contributed by atoms with Crippen LogP contribution in [-0.2, 0) is 0 Å². The molecule has 0 aromatic heterocycles. The van der Waals surface area contributed by atoms with E-state index in [1.54, 1.807) is 0 Å². The van der Waals surface area contributed by atoms with Gasteiger partial charge in [-0.05, 0) is 24.2 Å². The van der Waals surface area contributed by atoms with E-state index in [0.29, 0.717) is 0 Å². The van der Waals surface area contributed by atoms with Gasteiger partial charge in [-0.3, -0.25) is 0 Å². The fourth-order valence-corrected chi connectivity index (χ4v) is 1.79. The van der Waals surface area contributed by atoms with Crippen LogP contribution in [0.15, 0.2) is 0 Å². The van der Waals surface area contributed by atoms with Crippen molar-refractivity contribution in [2.75, 3.05) is 0 Å². The summed E-state index contributed by atoms with van der Waals surface area (Å²) in [6, 6.07) is 0. The molecular formula is C12H26. The Hall–Kier alpha value is 0. The van der Waals surface area contributed by atoms with Crippen LogP contribution in [0.1, 0.15) is 60.3 Å². The van der Waals surface area contributed by atoms with Gasteiger partial charge in [0.25, 0.3) is 0 Å². The van der Waals surface area contributed by atoms with Crippen LogP contribution in [0.2, 0.25) is 0 Å². The minimum absolute atomic E-state index is 0.865. The van der Waals surface area contributed by atoms with Gasteiger partial charge in [-0.1, -0.05) is 53.9 Å². The zero-order valence-corrected chi connectivity index (χ0v) is 9.56. The van der Waals surface area contributed by atoms with E-state index >= 15 is 0 Å². The molecule has 0 rings (SSSR count). The van der Waals surface area contributed by atoms with Gasteiger partial charge in [0.1, 0.15) is 0 Å². The molecule has 0 saturated heterocycles. The first kappa shape index (κ1) is 12.0. The molecule has 0 radical (unpaired) electrons. The van der Waals surface area contributed by atoms with E-state index in [4.69, 9.17) is 0 Å². The average molecular weight is 170 g/mol. The topological polar surface area (TPSA) is 0 Å². The molecule has 0 bridgehead atoms. The average Bonchev–Trinajstić information content (AvgIpc) is 1.98. The van der Waals surface area contributed by atoms with Crippen molar-refractivity contribution < 1.29 is 0 Å². The summed E-state index contributed by atoms with van der Waals surface area (Å²) in [5.41, 5.74) is 0. The molecule has 0 saturated carbocycles.